The third-order valence-corrected chi connectivity index (χ3v) is 6.49. The summed E-state index contributed by atoms with van der Waals surface area (Å²) in [6, 6.07) is 22.5. The van der Waals surface area contributed by atoms with Gasteiger partial charge in [0.2, 0.25) is 5.91 Å². The van der Waals surface area contributed by atoms with Gasteiger partial charge in [0.15, 0.2) is 0 Å². The minimum atomic E-state index is 0.0447. The molecule has 0 N–H and O–H groups in total. The Hall–Kier alpha value is -3.60. The Morgan fingerprint density at radius 3 is 2.42 bits per heavy atom. The van der Waals surface area contributed by atoms with Crippen LogP contribution in [0, 0.1) is 20.8 Å². The Balaban J connectivity index is 1.42. The second kappa shape index (κ2) is 8.74. The van der Waals surface area contributed by atoms with Gasteiger partial charge >= 0.3 is 0 Å². The van der Waals surface area contributed by atoms with E-state index in [0.29, 0.717) is 26.1 Å². The van der Waals surface area contributed by atoms with Crippen molar-refractivity contribution in [1.29, 1.82) is 0 Å². The van der Waals surface area contributed by atoms with E-state index in [2.05, 4.69) is 55.7 Å². The predicted octanol–water partition coefficient (Wildman–Crippen LogP) is 5.56. The fourth-order valence-corrected chi connectivity index (χ4v) is 4.86. The Morgan fingerprint density at radius 2 is 1.67 bits per heavy atom. The van der Waals surface area contributed by atoms with Crippen LogP contribution in [0.2, 0.25) is 0 Å². The highest BCUT2D eigenvalue weighted by Gasteiger charge is 2.35. The fraction of sp³-hybridized carbons (Fsp3) is 0.286. The molecule has 33 heavy (non-hydrogen) atoms. The van der Waals surface area contributed by atoms with E-state index in [1.807, 2.05) is 41.3 Å². The highest BCUT2D eigenvalue weighted by atomic mass is 16.5. The molecule has 4 aromatic rings. The van der Waals surface area contributed by atoms with Crippen molar-refractivity contribution < 1.29 is 9.53 Å². The maximum Gasteiger partial charge on any atom is 0.227 e. The van der Waals surface area contributed by atoms with Gasteiger partial charge in [-0.3, -0.25) is 4.79 Å². The first kappa shape index (κ1) is 21.3. The number of aromatic nitrogens is 2. The average molecular weight is 440 g/mol. The van der Waals surface area contributed by atoms with Crippen molar-refractivity contribution in [2.45, 2.75) is 39.7 Å². The lowest BCUT2D eigenvalue weighted by molar-refractivity contribution is -0.117. The van der Waals surface area contributed by atoms with E-state index in [1.54, 1.807) is 0 Å². The molecule has 1 saturated heterocycles. The summed E-state index contributed by atoms with van der Waals surface area (Å²) in [5, 5.41) is 0. The average Bonchev–Trinajstić information content (AvgIpc) is 3.36. The van der Waals surface area contributed by atoms with Crippen LogP contribution in [0.15, 0.2) is 66.7 Å². The lowest BCUT2D eigenvalue weighted by atomic mass is 10.1. The first-order valence-electron chi connectivity index (χ1n) is 11.5. The van der Waals surface area contributed by atoms with Crippen LogP contribution in [0.1, 0.15) is 34.9 Å². The van der Waals surface area contributed by atoms with Crippen molar-refractivity contribution in [3.63, 3.8) is 0 Å². The molecule has 0 radical (unpaired) electrons. The molecule has 5 heteroatoms. The number of hydrogen-bond acceptors (Lipinski definition) is 3. The Morgan fingerprint density at radius 1 is 0.939 bits per heavy atom. The number of fused-ring (bicyclic) bond motifs is 1. The smallest absolute Gasteiger partial charge is 0.227 e. The number of aryl methyl sites for hydroxylation is 3. The molecule has 2 heterocycles. The van der Waals surface area contributed by atoms with Gasteiger partial charge in [0.25, 0.3) is 0 Å². The van der Waals surface area contributed by atoms with Gasteiger partial charge in [0.05, 0.1) is 17.6 Å². The zero-order chi connectivity index (χ0) is 22.9. The highest BCUT2D eigenvalue weighted by Crippen LogP contribution is 2.36. The first-order chi connectivity index (χ1) is 16.0. The molecular formula is C28H29N3O2. The number of para-hydroxylation sites is 3. The summed E-state index contributed by atoms with van der Waals surface area (Å²) in [6.07, 6.45) is 0.468. The summed E-state index contributed by atoms with van der Waals surface area (Å²) >= 11 is 0. The van der Waals surface area contributed by atoms with Crippen LogP contribution < -0.4 is 9.64 Å². The van der Waals surface area contributed by atoms with Crippen molar-refractivity contribution in [3.05, 3.63) is 89.2 Å². The molecule has 1 atom stereocenters. The monoisotopic (exact) mass is 439 g/mol. The molecule has 5 nitrogen and oxygen atoms in total. The zero-order valence-corrected chi connectivity index (χ0v) is 19.4. The van der Waals surface area contributed by atoms with Gasteiger partial charge in [-0.25, -0.2) is 4.98 Å². The van der Waals surface area contributed by atoms with Crippen molar-refractivity contribution in [2.75, 3.05) is 18.1 Å². The van der Waals surface area contributed by atoms with E-state index in [-0.39, 0.29) is 11.8 Å². The maximum absolute atomic E-state index is 13.1. The van der Waals surface area contributed by atoms with Gasteiger partial charge in [0.1, 0.15) is 18.2 Å². The van der Waals surface area contributed by atoms with Crippen LogP contribution in [0.4, 0.5) is 5.69 Å². The quantitative estimate of drug-likeness (QED) is 0.395. The minimum Gasteiger partial charge on any atom is -0.492 e. The van der Waals surface area contributed by atoms with Crippen LogP contribution in [-0.4, -0.2) is 28.6 Å². The lowest BCUT2D eigenvalue weighted by Gasteiger charge is -2.21. The largest absolute Gasteiger partial charge is 0.492 e. The summed E-state index contributed by atoms with van der Waals surface area (Å²) in [7, 11) is 0. The number of hydrogen-bond donors (Lipinski definition) is 0. The number of benzene rings is 3. The van der Waals surface area contributed by atoms with E-state index in [1.165, 1.54) is 5.56 Å². The number of rotatable bonds is 6. The van der Waals surface area contributed by atoms with Gasteiger partial charge in [-0.2, -0.15) is 0 Å². The van der Waals surface area contributed by atoms with Gasteiger partial charge in [-0.1, -0.05) is 48.0 Å². The second-order valence-corrected chi connectivity index (χ2v) is 8.92. The summed E-state index contributed by atoms with van der Waals surface area (Å²) in [6.45, 7) is 8.07. The molecule has 168 valence electrons. The van der Waals surface area contributed by atoms with Crippen LogP contribution in [-0.2, 0) is 11.3 Å². The predicted molar refractivity (Wildman–Crippen MR) is 132 cm³/mol. The Kier molecular flexibility index (Phi) is 5.63. The molecule has 0 bridgehead atoms. The first-order valence-corrected chi connectivity index (χ1v) is 11.5. The van der Waals surface area contributed by atoms with Crippen LogP contribution in [0.5, 0.6) is 5.75 Å². The molecular weight excluding hydrogens is 410 g/mol. The molecule has 0 spiro atoms. The molecule has 3 aromatic carbocycles. The third kappa shape index (κ3) is 4.11. The van der Waals surface area contributed by atoms with Gasteiger partial charge in [-0.15, -0.1) is 0 Å². The standard InChI is InChI=1S/C28H29N3O2/c1-19-11-13-23(14-12-19)33-16-15-30-25-10-5-4-9-24(25)29-28(30)22-17-26(32)31(18-22)27-20(2)7-6-8-21(27)3/h4-14,22H,15-18H2,1-3H3/t22-/m1/s1. The summed E-state index contributed by atoms with van der Waals surface area (Å²) in [5.41, 5.74) is 6.55. The Bertz CT molecular complexity index is 1290. The van der Waals surface area contributed by atoms with E-state index < -0.39 is 0 Å². The maximum atomic E-state index is 13.1. The molecule has 1 aromatic heterocycles. The fourth-order valence-electron chi connectivity index (χ4n) is 4.86. The SMILES string of the molecule is Cc1ccc(OCCn2c([C@@H]3CC(=O)N(c4c(C)cccc4C)C3)nc3ccccc32)cc1. The molecule has 1 aliphatic heterocycles. The molecule has 1 amide bonds. The van der Waals surface area contributed by atoms with Crippen molar-refractivity contribution in [1.82, 2.24) is 9.55 Å². The zero-order valence-electron chi connectivity index (χ0n) is 19.4. The number of amides is 1. The topological polar surface area (TPSA) is 47.4 Å². The van der Waals surface area contributed by atoms with Crippen LogP contribution in [0.3, 0.4) is 0 Å². The lowest BCUT2D eigenvalue weighted by Crippen LogP contribution is -2.26. The van der Waals surface area contributed by atoms with Gasteiger partial charge in [-0.05, 0) is 56.2 Å². The van der Waals surface area contributed by atoms with E-state index >= 15 is 0 Å². The Labute approximate surface area is 194 Å². The number of carbonyl (C=O) groups is 1. The third-order valence-electron chi connectivity index (χ3n) is 6.49. The molecule has 0 aliphatic carbocycles. The van der Waals surface area contributed by atoms with E-state index in [9.17, 15) is 4.79 Å². The van der Waals surface area contributed by atoms with Crippen LogP contribution in [0.25, 0.3) is 11.0 Å². The van der Waals surface area contributed by atoms with Crippen molar-refractivity contribution >= 4 is 22.6 Å². The molecule has 1 fully saturated rings. The molecule has 5 rings (SSSR count). The number of imidazole rings is 1. The number of nitrogens with zero attached hydrogens (tertiary/aromatic N) is 3. The van der Waals surface area contributed by atoms with Crippen molar-refractivity contribution in [2.24, 2.45) is 0 Å². The summed E-state index contributed by atoms with van der Waals surface area (Å²) < 4.78 is 8.25. The minimum absolute atomic E-state index is 0.0447. The number of anilines is 1. The second-order valence-electron chi connectivity index (χ2n) is 8.92. The van der Waals surface area contributed by atoms with E-state index in [0.717, 1.165) is 39.4 Å². The molecule has 0 unspecified atom stereocenters. The molecule has 1 aliphatic rings. The number of carbonyl (C=O) groups excluding carboxylic acids is 1. The van der Waals surface area contributed by atoms with Gasteiger partial charge in [0, 0.05) is 24.6 Å². The molecule has 0 saturated carbocycles. The summed E-state index contributed by atoms with van der Waals surface area (Å²) in [5.74, 6) is 2.03. The number of ether oxygens (including phenoxy) is 1. The van der Waals surface area contributed by atoms with Crippen molar-refractivity contribution in [3.8, 4) is 5.75 Å². The van der Waals surface area contributed by atoms with Crippen LogP contribution >= 0.6 is 0 Å². The van der Waals surface area contributed by atoms with E-state index in [4.69, 9.17) is 9.72 Å². The highest BCUT2D eigenvalue weighted by molar-refractivity contribution is 5.98. The normalized spacial score (nSPS) is 16.0. The van der Waals surface area contributed by atoms with Gasteiger partial charge < -0.3 is 14.2 Å². The summed E-state index contributed by atoms with van der Waals surface area (Å²) in [4.78, 5) is 20.0.